The lowest BCUT2D eigenvalue weighted by molar-refractivity contribution is -0.133. The summed E-state index contributed by atoms with van der Waals surface area (Å²) in [5, 5.41) is 2.94. The van der Waals surface area contributed by atoms with E-state index in [1.54, 1.807) is 4.90 Å². The fraction of sp³-hybridized carbons (Fsp3) is 0.391. The minimum absolute atomic E-state index is 0.0283. The number of hydrogen-bond donors (Lipinski definition) is 1. The lowest BCUT2D eigenvalue weighted by Crippen LogP contribution is -2.36. The Hall–Kier alpha value is -2.82. The van der Waals surface area contributed by atoms with E-state index in [0.717, 1.165) is 41.2 Å². The van der Waals surface area contributed by atoms with E-state index in [0.29, 0.717) is 6.54 Å². The Morgan fingerprint density at radius 3 is 2.29 bits per heavy atom. The standard InChI is InChI=1S/C23H31N3O2/c1-6-25(7-2)21-11-12-22(18(4)14-21)24-23(28)16-26(19(5)27)15-20-10-8-9-17(3)13-20/h8-14H,6-7,15-16H2,1-5H3,(H,24,28). The fourth-order valence-corrected chi connectivity index (χ4v) is 3.25. The zero-order chi connectivity index (χ0) is 20.7. The zero-order valence-corrected chi connectivity index (χ0v) is 17.6. The second-order valence-electron chi connectivity index (χ2n) is 7.08. The van der Waals surface area contributed by atoms with Crippen molar-refractivity contribution in [3.63, 3.8) is 0 Å². The summed E-state index contributed by atoms with van der Waals surface area (Å²) in [5.41, 5.74) is 5.08. The van der Waals surface area contributed by atoms with Crippen LogP contribution in [0.15, 0.2) is 42.5 Å². The summed E-state index contributed by atoms with van der Waals surface area (Å²) in [6.45, 7) is 12.1. The van der Waals surface area contributed by atoms with Gasteiger partial charge in [0.1, 0.15) is 6.54 Å². The van der Waals surface area contributed by atoms with E-state index in [2.05, 4.69) is 30.1 Å². The largest absolute Gasteiger partial charge is 0.372 e. The molecule has 0 saturated heterocycles. The molecule has 0 saturated carbocycles. The number of benzene rings is 2. The summed E-state index contributed by atoms with van der Waals surface area (Å²) >= 11 is 0. The molecule has 0 aromatic heterocycles. The Kier molecular flexibility index (Phi) is 7.61. The minimum Gasteiger partial charge on any atom is -0.372 e. The third kappa shape index (κ3) is 5.84. The molecule has 5 nitrogen and oxygen atoms in total. The van der Waals surface area contributed by atoms with E-state index >= 15 is 0 Å². The highest BCUT2D eigenvalue weighted by Gasteiger charge is 2.15. The third-order valence-corrected chi connectivity index (χ3v) is 4.85. The van der Waals surface area contributed by atoms with Gasteiger partial charge in [0.15, 0.2) is 0 Å². The average Bonchev–Trinajstić information content (AvgIpc) is 2.64. The van der Waals surface area contributed by atoms with Gasteiger partial charge < -0.3 is 15.1 Å². The number of rotatable bonds is 8. The van der Waals surface area contributed by atoms with Crippen molar-refractivity contribution < 1.29 is 9.59 Å². The monoisotopic (exact) mass is 381 g/mol. The average molecular weight is 382 g/mol. The Labute approximate surface area is 168 Å². The SMILES string of the molecule is CCN(CC)c1ccc(NC(=O)CN(Cc2cccc(C)c2)C(C)=O)c(C)c1. The van der Waals surface area contributed by atoms with E-state index in [1.165, 1.54) is 6.92 Å². The summed E-state index contributed by atoms with van der Waals surface area (Å²) in [7, 11) is 0. The molecule has 2 rings (SSSR count). The first-order chi connectivity index (χ1) is 13.3. The van der Waals surface area contributed by atoms with Gasteiger partial charge in [-0.25, -0.2) is 0 Å². The van der Waals surface area contributed by atoms with Gasteiger partial charge in [-0.15, -0.1) is 0 Å². The number of nitrogens with one attached hydrogen (secondary N) is 1. The number of anilines is 2. The van der Waals surface area contributed by atoms with Crippen molar-refractivity contribution >= 4 is 23.2 Å². The van der Waals surface area contributed by atoms with Gasteiger partial charge in [0.25, 0.3) is 0 Å². The van der Waals surface area contributed by atoms with Crippen molar-refractivity contribution in [2.24, 2.45) is 0 Å². The van der Waals surface area contributed by atoms with Gasteiger partial charge in [0.2, 0.25) is 11.8 Å². The predicted molar refractivity (Wildman–Crippen MR) is 116 cm³/mol. The molecule has 2 aromatic carbocycles. The lowest BCUT2D eigenvalue weighted by atomic mass is 10.1. The molecule has 0 bridgehead atoms. The van der Waals surface area contributed by atoms with Gasteiger partial charge in [0, 0.05) is 37.9 Å². The van der Waals surface area contributed by atoms with Crippen LogP contribution >= 0.6 is 0 Å². The van der Waals surface area contributed by atoms with Gasteiger partial charge in [0.05, 0.1) is 0 Å². The summed E-state index contributed by atoms with van der Waals surface area (Å²) in [6, 6.07) is 14.0. The van der Waals surface area contributed by atoms with Crippen LogP contribution in [0, 0.1) is 13.8 Å². The molecule has 5 heteroatoms. The van der Waals surface area contributed by atoms with Crippen LogP contribution in [-0.2, 0) is 16.1 Å². The molecule has 0 aliphatic rings. The third-order valence-electron chi connectivity index (χ3n) is 4.85. The highest BCUT2D eigenvalue weighted by molar-refractivity contribution is 5.95. The van der Waals surface area contributed by atoms with E-state index < -0.39 is 0 Å². The second kappa shape index (κ2) is 9.93. The maximum absolute atomic E-state index is 12.6. The van der Waals surface area contributed by atoms with E-state index in [-0.39, 0.29) is 18.4 Å². The molecular weight excluding hydrogens is 350 g/mol. The minimum atomic E-state index is -0.193. The first-order valence-corrected chi connectivity index (χ1v) is 9.80. The Bertz CT molecular complexity index is 828. The van der Waals surface area contributed by atoms with Crippen LogP contribution in [0.4, 0.5) is 11.4 Å². The Morgan fingerprint density at radius 2 is 1.71 bits per heavy atom. The molecule has 28 heavy (non-hydrogen) atoms. The summed E-state index contributed by atoms with van der Waals surface area (Å²) in [5.74, 6) is -0.313. The molecule has 0 spiro atoms. The van der Waals surface area contributed by atoms with Crippen LogP contribution in [-0.4, -0.2) is 36.3 Å². The summed E-state index contributed by atoms with van der Waals surface area (Å²) < 4.78 is 0. The molecule has 0 fully saturated rings. The summed E-state index contributed by atoms with van der Waals surface area (Å²) in [6.07, 6.45) is 0. The number of amides is 2. The Morgan fingerprint density at radius 1 is 1.00 bits per heavy atom. The van der Waals surface area contributed by atoms with Crippen molar-refractivity contribution in [2.45, 2.75) is 41.2 Å². The smallest absolute Gasteiger partial charge is 0.244 e. The first kappa shape index (κ1) is 21.5. The molecule has 2 aromatic rings. The number of nitrogens with zero attached hydrogens (tertiary/aromatic N) is 2. The summed E-state index contributed by atoms with van der Waals surface area (Å²) in [4.78, 5) is 28.4. The molecule has 0 atom stereocenters. The molecule has 2 amide bonds. The molecular formula is C23H31N3O2. The molecule has 0 unspecified atom stereocenters. The van der Waals surface area contributed by atoms with E-state index in [1.807, 2.05) is 50.2 Å². The maximum atomic E-state index is 12.6. The number of carbonyl (C=O) groups excluding carboxylic acids is 2. The van der Waals surface area contributed by atoms with Gasteiger partial charge in [-0.05, 0) is 57.0 Å². The Balaban J connectivity index is 2.05. The molecule has 1 N–H and O–H groups in total. The van der Waals surface area contributed by atoms with Crippen LogP contribution in [0.2, 0.25) is 0 Å². The van der Waals surface area contributed by atoms with Gasteiger partial charge in [-0.1, -0.05) is 29.8 Å². The maximum Gasteiger partial charge on any atom is 0.244 e. The normalized spacial score (nSPS) is 10.5. The highest BCUT2D eigenvalue weighted by atomic mass is 16.2. The van der Waals surface area contributed by atoms with Crippen molar-refractivity contribution in [1.82, 2.24) is 4.90 Å². The van der Waals surface area contributed by atoms with E-state index in [9.17, 15) is 9.59 Å². The van der Waals surface area contributed by atoms with Gasteiger partial charge in [-0.2, -0.15) is 0 Å². The van der Waals surface area contributed by atoms with Crippen molar-refractivity contribution in [3.8, 4) is 0 Å². The lowest BCUT2D eigenvalue weighted by Gasteiger charge is -2.23. The molecule has 0 radical (unpaired) electrons. The highest BCUT2D eigenvalue weighted by Crippen LogP contribution is 2.22. The molecule has 0 heterocycles. The number of hydrogen-bond acceptors (Lipinski definition) is 3. The van der Waals surface area contributed by atoms with E-state index in [4.69, 9.17) is 0 Å². The second-order valence-corrected chi connectivity index (χ2v) is 7.08. The van der Waals surface area contributed by atoms with Crippen molar-refractivity contribution in [3.05, 3.63) is 59.2 Å². The van der Waals surface area contributed by atoms with Crippen LogP contribution in [0.25, 0.3) is 0 Å². The zero-order valence-electron chi connectivity index (χ0n) is 17.6. The first-order valence-electron chi connectivity index (χ1n) is 9.80. The van der Waals surface area contributed by atoms with Crippen molar-refractivity contribution in [2.75, 3.05) is 29.9 Å². The molecule has 0 aliphatic carbocycles. The molecule has 0 aliphatic heterocycles. The van der Waals surface area contributed by atoms with Crippen LogP contribution < -0.4 is 10.2 Å². The molecule has 150 valence electrons. The predicted octanol–water partition coefficient (Wildman–Crippen LogP) is 4.14. The van der Waals surface area contributed by atoms with Crippen LogP contribution in [0.3, 0.4) is 0 Å². The van der Waals surface area contributed by atoms with Gasteiger partial charge in [-0.3, -0.25) is 9.59 Å². The fourth-order valence-electron chi connectivity index (χ4n) is 3.25. The van der Waals surface area contributed by atoms with Crippen LogP contribution in [0.5, 0.6) is 0 Å². The number of carbonyl (C=O) groups is 2. The van der Waals surface area contributed by atoms with Gasteiger partial charge >= 0.3 is 0 Å². The quantitative estimate of drug-likeness (QED) is 0.748. The topological polar surface area (TPSA) is 52.7 Å². The number of aryl methyl sites for hydroxylation is 2. The van der Waals surface area contributed by atoms with Crippen LogP contribution in [0.1, 0.15) is 37.5 Å². The van der Waals surface area contributed by atoms with Crippen molar-refractivity contribution in [1.29, 1.82) is 0 Å².